The van der Waals surface area contributed by atoms with Gasteiger partial charge in [-0.25, -0.2) is 18.1 Å². The predicted octanol–water partition coefficient (Wildman–Crippen LogP) is 0.0931. The van der Waals surface area contributed by atoms with E-state index in [1.165, 1.54) is 18.6 Å². The Bertz CT molecular complexity index is 824. The predicted molar refractivity (Wildman–Crippen MR) is 82.7 cm³/mol. The zero-order chi connectivity index (χ0) is 17.6. The van der Waals surface area contributed by atoms with Gasteiger partial charge >= 0.3 is 0 Å². The molecule has 0 spiro atoms. The van der Waals surface area contributed by atoms with Crippen LogP contribution in [0.2, 0.25) is 0 Å². The molecule has 0 saturated heterocycles. The summed E-state index contributed by atoms with van der Waals surface area (Å²) >= 11 is 0. The maximum absolute atomic E-state index is 12.0. The van der Waals surface area contributed by atoms with E-state index < -0.39 is 20.9 Å². The summed E-state index contributed by atoms with van der Waals surface area (Å²) in [5.74, 6) is -0.474. The maximum Gasteiger partial charge on any atom is 0.271 e. The topological polar surface area (TPSA) is 144 Å². The SMILES string of the molecule is O=C(NCCNS(=O)(=O)c1ccc([N+](=O)[O-])cc1)c1cnccn1. The Hall–Kier alpha value is -2.92. The molecule has 2 rings (SSSR count). The highest BCUT2D eigenvalue weighted by molar-refractivity contribution is 7.89. The zero-order valence-corrected chi connectivity index (χ0v) is 13.1. The second kappa shape index (κ2) is 7.57. The molecule has 126 valence electrons. The highest BCUT2D eigenvalue weighted by Gasteiger charge is 2.15. The summed E-state index contributed by atoms with van der Waals surface area (Å²) in [5.41, 5.74) is -0.0825. The largest absolute Gasteiger partial charge is 0.349 e. The van der Waals surface area contributed by atoms with Crippen LogP contribution in [-0.4, -0.2) is 42.3 Å². The summed E-state index contributed by atoms with van der Waals surface area (Å²) in [4.78, 5) is 29.1. The van der Waals surface area contributed by atoms with E-state index in [-0.39, 0.29) is 29.4 Å². The van der Waals surface area contributed by atoms with E-state index in [0.29, 0.717) is 0 Å². The summed E-state index contributed by atoms with van der Waals surface area (Å²) in [6.45, 7) is -0.00700. The number of hydrogen-bond acceptors (Lipinski definition) is 7. The molecule has 1 amide bonds. The Balaban J connectivity index is 1.86. The fraction of sp³-hybridized carbons (Fsp3) is 0.154. The van der Waals surface area contributed by atoms with Gasteiger partial charge in [-0.05, 0) is 12.1 Å². The Kier molecular flexibility index (Phi) is 5.50. The third-order valence-electron chi connectivity index (χ3n) is 2.86. The van der Waals surface area contributed by atoms with Crippen LogP contribution in [-0.2, 0) is 10.0 Å². The van der Waals surface area contributed by atoms with E-state index in [2.05, 4.69) is 20.0 Å². The van der Waals surface area contributed by atoms with Crippen LogP contribution in [0.5, 0.6) is 0 Å². The molecule has 24 heavy (non-hydrogen) atoms. The number of carbonyl (C=O) groups excluding carboxylic acids is 1. The number of rotatable bonds is 7. The van der Waals surface area contributed by atoms with Crippen molar-refractivity contribution in [2.45, 2.75) is 4.90 Å². The molecule has 0 aliphatic heterocycles. The van der Waals surface area contributed by atoms with Crippen molar-refractivity contribution in [1.29, 1.82) is 0 Å². The van der Waals surface area contributed by atoms with E-state index in [1.807, 2.05) is 0 Å². The van der Waals surface area contributed by atoms with Gasteiger partial charge in [-0.3, -0.25) is 19.9 Å². The van der Waals surface area contributed by atoms with Crippen molar-refractivity contribution in [3.8, 4) is 0 Å². The minimum absolute atomic E-state index is 0.0433. The molecule has 0 bridgehead atoms. The van der Waals surface area contributed by atoms with Crippen molar-refractivity contribution in [2.24, 2.45) is 0 Å². The minimum atomic E-state index is -3.82. The lowest BCUT2D eigenvalue weighted by molar-refractivity contribution is -0.384. The van der Waals surface area contributed by atoms with Crippen LogP contribution in [0.25, 0.3) is 0 Å². The lowest BCUT2D eigenvalue weighted by Gasteiger charge is -2.07. The van der Waals surface area contributed by atoms with Crippen molar-refractivity contribution in [3.05, 3.63) is 58.7 Å². The summed E-state index contributed by atoms with van der Waals surface area (Å²) in [6.07, 6.45) is 4.08. The van der Waals surface area contributed by atoms with Crippen LogP contribution in [0, 0.1) is 10.1 Å². The van der Waals surface area contributed by atoms with Gasteiger partial charge in [0, 0.05) is 37.6 Å². The fourth-order valence-corrected chi connectivity index (χ4v) is 2.73. The smallest absolute Gasteiger partial charge is 0.271 e. The van der Waals surface area contributed by atoms with Gasteiger partial charge in [0.2, 0.25) is 10.0 Å². The number of carbonyl (C=O) groups is 1. The summed E-state index contributed by atoms with van der Waals surface area (Å²) in [6, 6.07) is 4.48. The Morgan fingerprint density at radius 1 is 1.17 bits per heavy atom. The molecule has 0 saturated carbocycles. The third-order valence-corrected chi connectivity index (χ3v) is 4.33. The zero-order valence-electron chi connectivity index (χ0n) is 12.2. The first-order chi connectivity index (χ1) is 11.4. The number of nitro groups is 1. The molecule has 2 N–H and O–H groups in total. The van der Waals surface area contributed by atoms with Crippen molar-refractivity contribution < 1.29 is 18.1 Å². The van der Waals surface area contributed by atoms with Crippen LogP contribution < -0.4 is 10.0 Å². The normalized spacial score (nSPS) is 11.0. The molecular formula is C13H13N5O5S. The lowest BCUT2D eigenvalue weighted by Crippen LogP contribution is -2.35. The molecule has 1 aromatic heterocycles. The van der Waals surface area contributed by atoms with Crippen molar-refractivity contribution >= 4 is 21.6 Å². The third kappa shape index (κ3) is 4.54. The monoisotopic (exact) mass is 351 g/mol. The van der Waals surface area contributed by atoms with Crippen molar-refractivity contribution in [1.82, 2.24) is 20.0 Å². The average molecular weight is 351 g/mol. The number of nitro benzene ring substituents is 1. The van der Waals surface area contributed by atoms with Crippen LogP contribution >= 0.6 is 0 Å². The maximum atomic E-state index is 12.0. The van der Waals surface area contributed by atoms with Crippen molar-refractivity contribution in [3.63, 3.8) is 0 Å². The molecule has 1 aromatic carbocycles. The van der Waals surface area contributed by atoms with Crippen LogP contribution in [0.3, 0.4) is 0 Å². The summed E-state index contributed by atoms with van der Waals surface area (Å²) in [7, 11) is -3.82. The number of nitrogens with zero attached hydrogens (tertiary/aromatic N) is 3. The quantitative estimate of drug-likeness (QED) is 0.408. The van der Waals surface area contributed by atoms with Crippen LogP contribution in [0.15, 0.2) is 47.8 Å². The average Bonchev–Trinajstić information content (AvgIpc) is 2.59. The van der Waals surface area contributed by atoms with Gasteiger partial charge in [0.05, 0.1) is 16.0 Å². The molecule has 11 heteroatoms. The molecule has 0 aliphatic rings. The standard InChI is InChI=1S/C13H13N5O5S/c19-13(12-9-14-5-6-15-12)16-7-8-17-24(22,23)11-3-1-10(2-4-11)18(20)21/h1-6,9,17H,7-8H2,(H,16,19). The second-order valence-electron chi connectivity index (χ2n) is 4.50. The Morgan fingerprint density at radius 3 is 2.46 bits per heavy atom. The Labute approximate surface area is 137 Å². The molecule has 0 atom stereocenters. The lowest BCUT2D eigenvalue weighted by atomic mass is 10.3. The first-order valence-electron chi connectivity index (χ1n) is 6.68. The minimum Gasteiger partial charge on any atom is -0.349 e. The molecule has 0 radical (unpaired) electrons. The molecule has 10 nitrogen and oxygen atoms in total. The molecule has 0 unspecified atom stereocenters. The molecule has 0 aliphatic carbocycles. The number of amides is 1. The van der Waals surface area contributed by atoms with E-state index in [9.17, 15) is 23.3 Å². The van der Waals surface area contributed by atoms with Crippen LogP contribution in [0.4, 0.5) is 5.69 Å². The van der Waals surface area contributed by atoms with E-state index in [1.54, 1.807) is 0 Å². The molecule has 0 fully saturated rings. The molecule has 2 aromatic rings. The number of hydrogen-bond donors (Lipinski definition) is 2. The second-order valence-corrected chi connectivity index (χ2v) is 6.26. The molecule has 1 heterocycles. The number of aromatic nitrogens is 2. The Morgan fingerprint density at radius 2 is 1.88 bits per heavy atom. The first kappa shape index (κ1) is 17.4. The first-order valence-corrected chi connectivity index (χ1v) is 8.17. The number of benzene rings is 1. The van der Waals surface area contributed by atoms with Crippen molar-refractivity contribution in [2.75, 3.05) is 13.1 Å². The van der Waals surface area contributed by atoms with Gasteiger partial charge in [0.25, 0.3) is 11.6 Å². The highest BCUT2D eigenvalue weighted by atomic mass is 32.2. The van der Waals surface area contributed by atoms with Gasteiger partial charge in [-0.15, -0.1) is 0 Å². The summed E-state index contributed by atoms with van der Waals surface area (Å²) < 4.78 is 26.3. The highest BCUT2D eigenvalue weighted by Crippen LogP contribution is 2.15. The van der Waals surface area contributed by atoms with Gasteiger partial charge < -0.3 is 5.32 Å². The number of sulfonamides is 1. The van der Waals surface area contributed by atoms with E-state index >= 15 is 0 Å². The van der Waals surface area contributed by atoms with E-state index in [0.717, 1.165) is 24.3 Å². The van der Waals surface area contributed by atoms with Crippen LogP contribution in [0.1, 0.15) is 10.5 Å². The van der Waals surface area contributed by atoms with Gasteiger partial charge in [-0.1, -0.05) is 0 Å². The molecular weight excluding hydrogens is 338 g/mol. The van der Waals surface area contributed by atoms with Gasteiger partial charge in [0.15, 0.2) is 0 Å². The van der Waals surface area contributed by atoms with Gasteiger partial charge in [0.1, 0.15) is 5.69 Å². The van der Waals surface area contributed by atoms with Gasteiger partial charge in [-0.2, -0.15) is 0 Å². The number of non-ortho nitro benzene ring substituents is 1. The van der Waals surface area contributed by atoms with E-state index in [4.69, 9.17) is 0 Å². The fourth-order valence-electron chi connectivity index (χ4n) is 1.70. The number of nitrogens with one attached hydrogen (secondary N) is 2. The summed E-state index contributed by atoms with van der Waals surface area (Å²) in [5, 5.41) is 13.0.